The van der Waals surface area contributed by atoms with Crippen molar-refractivity contribution in [3.8, 4) is 22.8 Å². The molecule has 10 nitrogen and oxygen atoms in total. The van der Waals surface area contributed by atoms with Gasteiger partial charge in [-0.25, -0.2) is 9.78 Å². The molecule has 4 N–H and O–H groups in total. The number of hydrogen-bond acceptors (Lipinski definition) is 12. The predicted molar refractivity (Wildman–Crippen MR) is 147 cm³/mol. The number of nitrogen functional groups attached to an aromatic ring is 1. The van der Waals surface area contributed by atoms with Crippen molar-refractivity contribution in [2.75, 3.05) is 31.0 Å². The Kier molecular flexibility index (Phi) is 8.56. The third-order valence-electron chi connectivity index (χ3n) is 5.33. The van der Waals surface area contributed by atoms with Crippen LogP contribution in [0.4, 0.5) is 10.8 Å². The van der Waals surface area contributed by atoms with E-state index in [9.17, 15) is 9.90 Å². The zero-order chi connectivity index (χ0) is 26.5. The molecule has 1 atom stereocenters. The lowest BCUT2D eigenvalue weighted by Gasteiger charge is -2.17. The van der Waals surface area contributed by atoms with E-state index < -0.39 is 5.97 Å². The van der Waals surface area contributed by atoms with Crippen LogP contribution in [0.25, 0.3) is 11.3 Å². The molecular weight excluding hydrogens is 582 g/mol. The fourth-order valence-corrected chi connectivity index (χ4v) is 6.04. The summed E-state index contributed by atoms with van der Waals surface area (Å²) in [4.78, 5) is 21.6. The second-order valence-corrected chi connectivity index (χ2v) is 10.5. The van der Waals surface area contributed by atoms with Crippen molar-refractivity contribution in [3.05, 3.63) is 63.0 Å². The number of phenolic OH excluding ortho intramolecular Hbond substituents is 1. The van der Waals surface area contributed by atoms with E-state index >= 15 is 0 Å². The van der Waals surface area contributed by atoms with Crippen molar-refractivity contribution in [1.82, 2.24) is 15.1 Å². The third-order valence-corrected chi connectivity index (χ3v) is 7.96. The Morgan fingerprint density at radius 3 is 2.78 bits per heavy atom. The van der Waals surface area contributed by atoms with E-state index in [-0.39, 0.29) is 17.4 Å². The van der Waals surface area contributed by atoms with E-state index in [2.05, 4.69) is 36.4 Å². The number of thioether (sulfide) groups is 1. The summed E-state index contributed by atoms with van der Waals surface area (Å²) in [5.41, 5.74) is 8.98. The lowest BCUT2D eigenvalue weighted by atomic mass is 10.1. The van der Waals surface area contributed by atoms with Crippen LogP contribution in [0.3, 0.4) is 0 Å². The molecule has 2 heterocycles. The number of rotatable bonds is 10. The zero-order valence-corrected chi connectivity index (χ0v) is 23.4. The molecule has 0 aliphatic rings. The lowest BCUT2D eigenvalue weighted by molar-refractivity contribution is 0.0597. The molecular formula is C24H24BrN5O5S2. The second-order valence-electron chi connectivity index (χ2n) is 7.77. The average Bonchev–Trinajstić information content (AvgIpc) is 3.54. The molecule has 0 aliphatic heterocycles. The van der Waals surface area contributed by atoms with E-state index in [4.69, 9.17) is 19.7 Å². The van der Waals surface area contributed by atoms with Gasteiger partial charge in [-0.3, -0.25) is 0 Å². The molecule has 0 saturated heterocycles. The molecule has 13 heteroatoms. The Labute approximate surface area is 229 Å². The second kappa shape index (κ2) is 11.8. The number of carbonyl (C=O) groups is 1. The Hall–Kier alpha value is -3.29. The van der Waals surface area contributed by atoms with Crippen LogP contribution < -0.4 is 15.8 Å². The number of nitrogens with zero attached hydrogens (tertiary/aromatic N) is 3. The summed E-state index contributed by atoms with van der Waals surface area (Å²) in [5.74, 6) is 1.33. The molecule has 0 unspecified atom stereocenters. The molecule has 37 heavy (non-hydrogen) atoms. The lowest BCUT2D eigenvalue weighted by Crippen LogP contribution is -2.14. The number of aromatic hydroxyl groups is 1. The van der Waals surface area contributed by atoms with Crippen molar-refractivity contribution in [2.24, 2.45) is 0 Å². The van der Waals surface area contributed by atoms with E-state index in [1.807, 2.05) is 29.6 Å². The van der Waals surface area contributed by atoms with Crippen LogP contribution >= 0.6 is 39.0 Å². The van der Waals surface area contributed by atoms with Gasteiger partial charge in [-0.2, -0.15) is 16.7 Å². The number of anilines is 2. The van der Waals surface area contributed by atoms with Gasteiger partial charge in [0.2, 0.25) is 5.89 Å². The molecule has 0 saturated carbocycles. The van der Waals surface area contributed by atoms with Gasteiger partial charge >= 0.3 is 5.97 Å². The van der Waals surface area contributed by atoms with Crippen LogP contribution in [-0.4, -0.2) is 46.2 Å². The molecule has 0 spiro atoms. The smallest absolute Gasteiger partial charge is 0.339 e. The van der Waals surface area contributed by atoms with Crippen LogP contribution in [0.1, 0.15) is 33.7 Å². The number of aryl methyl sites for hydroxylation is 1. The summed E-state index contributed by atoms with van der Waals surface area (Å²) in [6.07, 6.45) is 0. The Bertz CT molecular complexity index is 1410. The molecule has 0 fully saturated rings. The van der Waals surface area contributed by atoms with E-state index in [0.717, 1.165) is 11.3 Å². The number of benzene rings is 2. The largest absolute Gasteiger partial charge is 0.507 e. The van der Waals surface area contributed by atoms with Gasteiger partial charge in [-0.15, -0.1) is 11.3 Å². The number of aromatic nitrogens is 3. The van der Waals surface area contributed by atoms with Gasteiger partial charge in [-0.1, -0.05) is 23.4 Å². The first kappa shape index (κ1) is 26.8. The van der Waals surface area contributed by atoms with Gasteiger partial charge in [0, 0.05) is 39.8 Å². The van der Waals surface area contributed by atoms with Crippen LogP contribution in [0.2, 0.25) is 0 Å². The summed E-state index contributed by atoms with van der Waals surface area (Å²) in [6, 6.07) is 8.60. The fourth-order valence-electron chi connectivity index (χ4n) is 3.52. The van der Waals surface area contributed by atoms with Gasteiger partial charge < -0.3 is 30.2 Å². The minimum atomic E-state index is -0.589. The van der Waals surface area contributed by atoms with Gasteiger partial charge in [-0.05, 0) is 28.9 Å². The number of thiazole rings is 1. The highest BCUT2D eigenvalue weighted by Crippen LogP contribution is 2.40. The van der Waals surface area contributed by atoms with E-state index in [1.54, 1.807) is 6.92 Å². The summed E-state index contributed by atoms with van der Waals surface area (Å²) < 4.78 is 16.0. The molecule has 194 valence electrons. The topological polar surface area (TPSA) is 146 Å². The molecule has 4 aromatic rings. The normalized spacial score (nSPS) is 11.8. The Balaban J connectivity index is 1.55. The highest BCUT2D eigenvalue weighted by molar-refractivity contribution is 9.10. The Morgan fingerprint density at radius 1 is 1.32 bits per heavy atom. The Morgan fingerprint density at radius 2 is 2.11 bits per heavy atom. The van der Waals surface area contributed by atoms with Crippen molar-refractivity contribution < 1.29 is 23.9 Å². The van der Waals surface area contributed by atoms with Crippen molar-refractivity contribution in [2.45, 2.75) is 18.7 Å². The predicted octanol–water partition coefficient (Wildman–Crippen LogP) is 5.43. The van der Waals surface area contributed by atoms with Crippen molar-refractivity contribution in [1.29, 1.82) is 0 Å². The first-order chi connectivity index (χ1) is 17.8. The number of para-hydroxylation sites is 1. The maximum Gasteiger partial charge on any atom is 0.339 e. The number of esters is 1. The number of nitrogens with one attached hydrogen (secondary N) is 1. The number of carbonyl (C=O) groups excluding carboxylic acids is 1. The molecule has 2 aromatic carbocycles. The molecule has 0 amide bonds. The van der Waals surface area contributed by atoms with Crippen LogP contribution in [0, 0.1) is 6.92 Å². The van der Waals surface area contributed by atoms with Gasteiger partial charge in [0.15, 0.2) is 11.0 Å². The third kappa shape index (κ3) is 6.00. The van der Waals surface area contributed by atoms with Gasteiger partial charge in [0.25, 0.3) is 0 Å². The maximum absolute atomic E-state index is 12.5. The number of halogens is 1. The fraction of sp³-hybridized carbons (Fsp3) is 0.250. The first-order valence-corrected chi connectivity index (χ1v) is 13.8. The van der Waals surface area contributed by atoms with Crippen LogP contribution in [-0.2, 0) is 10.5 Å². The van der Waals surface area contributed by atoms with Crippen LogP contribution in [0.15, 0.2) is 44.7 Å². The SMILES string of the molecule is COC(=O)c1c(Br)c(OC)cc(O)c1CSC[C@H](Nc1nc(-c2ccccc2N)cs1)c1nc(C)no1. The summed E-state index contributed by atoms with van der Waals surface area (Å²) in [6.45, 7) is 1.74. The summed E-state index contributed by atoms with van der Waals surface area (Å²) in [7, 11) is 2.74. The minimum Gasteiger partial charge on any atom is -0.507 e. The summed E-state index contributed by atoms with van der Waals surface area (Å²) >= 11 is 6.28. The highest BCUT2D eigenvalue weighted by atomic mass is 79.9. The maximum atomic E-state index is 12.5. The zero-order valence-electron chi connectivity index (χ0n) is 20.1. The number of nitrogens with two attached hydrogens (primary N) is 1. The number of ether oxygens (including phenoxy) is 2. The standard InChI is InChI=1S/C24H24BrN5O5S2/c1-12-27-22(35-30-12)17(29-24-28-16(11-37-24)13-6-4-5-7-15(13)26)10-36-9-14-18(31)8-19(33-2)21(25)20(14)23(32)34-3/h4-8,11,17,31H,9-10,26H2,1-3H3,(H,28,29)/t17-/m0/s1. The number of methoxy groups -OCH3 is 2. The quantitative estimate of drug-likeness (QED) is 0.157. The molecule has 2 aromatic heterocycles. The van der Waals surface area contributed by atoms with E-state index in [0.29, 0.717) is 49.8 Å². The van der Waals surface area contributed by atoms with Crippen LogP contribution in [0.5, 0.6) is 11.5 Å². The van der Waals surface area contributed by atoms with E-state index in [1.165, 1.54) is 43.4 Å². The minimum absolute atomic E-state index is 0.0730. The summed E-state index contributed by atoms with van der Waals surface area (Å²) in [5, 5.41) is 20.5. The van der Waals surface area contributed by atoms with Gasteiger partial charge in [0.1, 0.15) is 17.5 Å². The molecule has 4 rings (SSSR count). The first-order valence-electron chi connectivity index (χ1n) is 10.9. The molecule has 0 radical (unpaired) electrons. The highest BCUT2D eigenvalue weighted by Gasteiger charge is 2.25. The molecule has 0 bridgehead atoms. The average molecular weight is 607 g/mol. The van der Waals surface area contributed by atoms with Crippen molar-refractivity contribution in [3.63, 3.8) is 0 Å². The van der Waals surface area contributed by atoms with Gasteiger partial charge in [0.05, 0.1) is 29.9 Å². The monoisotopic (exact) mass is 605 g/mol. The van der Waals surface area contributed by atoms with Crippen molar-refractivity contribution >= 4 is 55.8 Å². The molecule has 0 aliphatic carbocycles. The number of hydrogen-bond donors (Lipinski definition) is 3. The number of phenols is 1.